The Morgan fingerprint density at radius 2 is 2.32 bits per heavy atom. The Bertz CT molecular complexity index is 735. The number of hydrogen-bond acceptors (Lipinski definition) is 6. The molecule has 8 heteroatoms. The van der Waals surface area contributed by atoms with Crippen LogP contribution in [-0.2, 0) is 11.3 Å². The first-order valence-corrected chi connectivity index (χ1v) is 7.98. The molecule has 1 saturated heterocycles. The van der Waals surface area contributed by atoms with Gasteiger partial charge in [0, 0.05) is 12.6 Å². The van der Waals surface area contributed by atoms with E-state index in [1.165, 1.54) is 29.4 Å². The topological polar surface area (TPSA) is 85.0 Å². The molecule has 25 heavy (non-hydrogen) atoms. The lowest BCUT2D eigenvalue weighted by atomic mass is 10.1. The number of carbonyl (C=O) groups is 1. The maximum Gasteiger partial charge on any atom is 0.276 e. The van der Waals surface area contributed by atoms with Crippen LogP contribution in [0.2, 0.25) is 0 Å². The summed E-state index contributed by atoms with van der Waals surface area (Å²) in [6.45, 7) is 2.69. The fraction of sp³-hybridized carbons (Fsp3) is 0.412. The third-order valence-electron chi connectivity index (χ3n) is 3.95. The van der Waals surface area contributed by atoms with Crippen LogP contribution in [0, 0.1) is 5.82 Å². The Labute approximate surface area is 144 Å². The Hall–Kier alpha value is -2.45. The van der Waals surface area contributed by atoms with Gasteiger partial charge in [0.1, 0.15) is 17.8 Å². The number of hydrogen-bond donors (Lipinski definition) is 1. The van der Waals surface area contributed by atoms with Crippen molar-refractivity contribution in [3.05, 3.63) is 47.9 Å². The molecule has 7 nitrogen and oxygen atoms in total. The molecule has 0 aliphatic carbocycles. The van der Waals surface area contributed by atoms with E-state index in [-0.39, 0.29) is 37.3 Å². The van der Waals surface area contributed by atoms with E-state index in [2.05, 4.69) is 4.98 Å². The van der Waals surface area contributed by atoms with E-state index in [1.807, 2.05) is 6.92 Å². The third kappa shape index (κ3) is 3.97. The second kappa shape index (κ2) is 7.62. The number of amides is 1. The molecule has 3 rings (SSSR count). The number of aliphatic hydroxyl groups is 1. The molecule has 1 fully saturated rings. The summed E-state index contributed by atoms with van der Waals surface area (Å²) in [7, 11) is 0. The van der Waals surface area contributed by atoms with Crippen molar-refractivity contribution in [2.24, 2.45) is 0 Å². The fourth-order valence-electron chi connectivity index (χ4n) is 2.68. The minimum atomic E-state index is -0.716. The van der Waals surface area contributed by atoms with Crippen molar-refractivity contribution >= 4 is 5.91 Å². The van der Waals surface area contributed by atoms with Crippen LogP contribution in [0.15, 0.2) is 34.9 Å². The van der Waals surface area contributed by atoms with Gasteiger partial charge >= 0.3 is 0 Å². The van der Waals surface area contributed by atoms with Gasteiger partial charge < -0.3 is 23.9 Å². The van der Waals surface area contributed by atoms with E-state index in [4.69, 9.17) is 13.9 Å². The average Bonchev–Trinajstić information content (AvgIpc) is 3.23. The lowest BCUT2D eigenvalue weighted by molar-refractivity contribution is 0.0515. The monoisotopic (exact) mass is 350 g/mol. The lowest BCUT2D eigenvalue weighted by Gasteiger charge is -2.27. The summed E-state index contributed by atoms with van der Waals surface area (Å²) >= 11 is 0. The van der Waals surface area contributed by atoms with Crippen LogP contribution in [-0.4, -0.2) is 52.8 Å². The molecule has 2 heterocycles. The Kier molecular flexibility index (Phi) is 5.30. The second-order valence-electron chi connectivity index (χ2n) is 5.64. The van der Waals surface area contributed by atoms with Crippen LogP contribution in [0.4, 0.5) is 4.39 Å². The van der Waals surface area contributed by atoms with Crippen molar-refractivity contribution in [2.45, 2.75) is 25.7 Å². The SMILES string of the molecule is CCN(C(=O)c1coc(COc2cccc(F)c2)n1)[C@H]1COC[C@@H]1O. The largest absolute Gasteiger partial charge is 0.484 e. The van der Waals surface area contributed by atoms with Crippen molar-refractivity contribution in [3.63, 3.8) is 0 Å². The van der Waals surface area contributed by atoms with Gasteiger partial charge in [0.05, 0.1) is 25.4 Å². The molecular formula is C17H19FN2O5. The zero-order valence-electron chi connectivity index (χ0n) is 13.7. The molecule has 0 radical (unpaired) electrons. The summed E-state index contributed by atoms with van der Waals surface area (Å²) in [6.07, 6.45) is 0.531. The minimum absolute atomic E-state index is 0.0297. The molecule has 0 spiro atoms. The van der Waals surface area contributed by atoms with Gasteiger partial charge in [-0.3, -0.25) is 4.79 Å². The predicted octanol–water partition coefficient (Wildman–Crippen LogP) is 1.61. The summed E-state index contributed by atoms with van der Waals surface area (Å²) in [5.41, 5.74) is 0.124. The van der Waals surface area contributed by atoms with Crippen LogP contribution in [0.5, 0.6) is 5.75 Å². The van der Waals surface area contributed by atoms with Gasteiger partial charge in [0.25, 0.3) is 5.91 Å². The van der Waals surface area contributed by atoms with Gasteiger partial charge in [-0.1, -0.05) is 6.07 Å². The number of oxazole rings is 1. The highest BCUT2D eigenvalue weighted by Crippen LogP contribution is 2.18. The average molecular weight is 350 g/mol. The molecule has 0 bridgehead atoms. The van der Waals surface area contributed by atoms with Crippen molar-refractivity contribution in [2.75, 3.05) is 19.8 Å². The van der Waals surface area contributed by atoms with E-state index < -0.39 is 18.0 Å². The first kappa shape index (κ1) is 17.4. The van der Waals surface area contributed by atoms with Gasteiger partial charge in [-0.15, -0.1) is 0 Å². The van der Waals surface area contributed by atoms with Crippen molar-refractivity contribution < 1.29 is 28.2 Å². The molecule has 0 saturated carbocycles. The van der Waals surface area contributed by atoms with E-state index in [9.17, 15) is 14.3 Å². The number of rotatable bonds is 6. The summed E-state index contributed by atoms with van der Waals surface area (Å²) in [6, 6.07) is 5.30. The first-order valence-electron chi connectivity index (χ1n) is 7.98. The molecular weight excluding hydrogens is 331 g/mol. The predicted molar refractivity (Wildman–Crippen MR) is 84.6 cm³/mol. The van der Waals surface area contributed by atoms with E-state index in [1.54, 1.807) is 6.07 Å². The highest BCUT2D eigenvalue weighted by atomic mass is 19.1. The van der Waals surface area contributed by atoms with E-state index in [0.29, 0.717) is 12.3 Å². The van der Waals surface area contributed by atoms with E-state index >= 15 is 0 Å². The standard InChI is InChI=1S/C17H19FN2O5/c1-2-20(14-8-23-9-15(14)21)17(22)13-7-25-16(19-13)10-24-12-5-3-4-11(18)6-12/h3-7,14-15,21H,2,8-10H2,1H3/t14-,15-/m0/s1. The van der Waals surface area contributed by atoms with Crippen molar-refractivity contribution in [1.29, 1.82) is 0 Å². The maximum absolute atomic E-state index is 13.1. The van der Waals surface area contributed by atoms with E-state index in [0.717, 1.165) is 0 Å². The summed E-state index contributed by atoms with van der Waals surface area (Å²) in [5, 5.41) is 9.91. The highest BCUT2D eigenvalue weighted by molar-refractivity contribution is 5.92. The maximum atomic E-state index is 13.1. The molecule has 1 N–H and O–H groups in total. The van der Waals surface area contributed by atoms with Crippen LogP contribution >= 0.6 is 0 Å². The van der Waals surface area contributed by atoms with Gasteiger partial charge in [-0.2, -0.15) is 0 Å². The molecule has 134 valence electrons. The molecule has 0 unspecified atom stereocenters. The quantitative estimate of drug-likeness (QED) is 0.852. The molecule has 1 amide bonds. The van der Waals surface area contributed by atoms with Crippen LogP contribution in [0.25, 0.3) is 0 Å². The van der Waals surface area contributed by atoms with Crippen LogP contribution in [0.1, 0.15) is 23.3 Å². The van der Waals surface area contributed by atoms with Gasteiger partial charge in [-0.05, 0) is 19.1 Å². The summed E-state index contributed by atoms with van der Waals surface area (Å²) in [5.74, 6) is -0.214. The number of ether oxygens (including phenoxy) is 2. The van der Waals surface area contributed by atoms with Crippen LogP contribution < -0.4 is 4.74 Å². The molecule has 1 aromatic heterocycles. The zero-order valence-corrected chi connectivity index (χ0v) is 13.7. The van der Waals surface area contributed by atoms with Crippen molar-refractivity contribution in [3.8, 4) is 5.75 Å². The van der Waals surface area contributed by atoms with Gasteiger partial charge in [0.2, 0.25) is 5.89 Å². The van der Waals surface area contributed by atoms with Crippen LogP contribution in [0.3, 0.4) is 0 Å². The number of nitrogens with zero attached hydrogens (tertiary/aromatic N) is 2. The van der Waals surface area contributed by atoms with Gasteiger partial charge in [-0.25, -0.2) is 9.37 Å². The molecule has 2 atom stereocenters. The summed E-state index contributed by atoms with van der Waals surface area (Å²) in [4.78, 5) is 18.2. The normalized spacial score (nSPS) is 19.8. The number of aliphatic hydroxyl groups excluding tert-OH is 1. The lowest BCUT2D eigenvalue weighted by Crippen LogP contribution is -2.46. The molecule has 1 aliphatic heterocycles. The zero-order chi connectivity index (χ0) is 17.8. The van der Waals surface area contributed by atoms with Gasteiger partial charge in [0.15, 0.2) is 12.3 Å². The number of likely N-dealkylation sites (N-methyl/N-ethyl adjacent to an activating group) is 1. The number of benzene rings is 1. The second-order valence-corrected chi connectivity index (χ2v) is 5.64. The Morgan fingerprint density at radius 3 is 3.00 bits per heavy atom. The number of halogens is 1. The number of aromatic nitrogens is 1. The highest BCUT2D eigenvalue weighted by Gasteiger charge is 2.35. The Balaban J connectivity index is 1.64. The fourth-order valence-corrected chi connectivity index (χ4v) is 2.68. The smallest absolute Gasteiger partial charge is 0.276 e. The molecule has 2 aromatic rings. The molecule has 1 aromatic carbocycles. The Morgan fingerprint density at radius 1 is 1.48 bits per heavy atom. The number of carbonyl (C=O) groups excluding carboxylic acids is 1. The minimum Gasteiger partial charge on any atom is -0.484 e. The molecule has 1 aliphatic rings. The van der Waals surface area contributed by atoms with Crippen molar-refractivity contribution in [1.82, 2.24) is 9.88 Å². The first-order chi connectivity index (χ1) is 12.1. The third-order valence-corrected chi connectivity index (χ3v) is 3.95. The summed E-state index contributed by atoms with van der Waals surface area (Å²) < 4.78 is 29.0.